The van der Waals surface area contributed by atoms with E-state index in [-0.39, 0.29) is 21.3 Å². The lowest BCUT2D eigenvalue weighted by atomic mass is 10.1. The first kappa shape index (κ1) is 11.0. The molecule has 1 N–H and O–H groups in total. The summed E-state index contributed by atoms with van der Waals surface area (Å²) in [5, 5.41) is 17.3. The molecule has 0 bridgehead atoms. The molecule has 0 radical (unpaired) electrons. The molecule has 14 heavy (non-hydrogen) atoms. The van der Waals surface area contributed by atoms with Crippen molar-refractivity contribution < 1.29 is 13.9 Å². The molecule has 3 nitrogen and oxygen atoms in total. The third kappa shape index (κ3) is 1.89. The molecule has 0 amide bonds. The summed E-state index contributed by atoms with van der Waals surface area (Å²) in [4.78, 5) is 3.61. The zero-order valence-electron chi connectivity index (χ0n) is 6.84. The summed E-state index contributed by atoms with van der Waals surface area (Å²) in [5.41, 5.74) is -0.470. The van der Waals surface area contributed by atoms with Gasteiger partial charge in [0.25, 0.3) is 6.43 Å². The van der Waals surface area contributed by atoms with E-state index in [0.717, 1.165) is 6.20 Å². The van der Waals surface area contributed by atoms with Crippen LogP contribution in [0.5, 0.6) is 0 Å². The molecule has 0 aliphatic heterocycles. The molecule has 0 atom stereocenters. The zero-order chi connectivity index (χ0) is 10.7. The van der Waals surface area contributed by atoms with Gasteiger partial charge in [0, 0.05) is 17.3 Å². The van der Waals surface area contributed by atoms with E-state index < -0.39 is 13.0 Å². The fourth-order valence-electron chi connectivity index (χ4n) is 0.977. The van der Waals surface area contributed by atoms with Crippen LogP contribution < -0.4 is 0 Å². The molecular formula is C8H5BrF2N2O. The number of halogens is 3. The van der Waals surface area contributed by atoms with E-state index in [0.29, 0.717) is 0 Å². The van der Waals surface area contributed by atoms with Crippen molar-refractivity contribution >= 4 is 15.9 Å². The number of aliphatic hydroxyl groups is 1. The topological polar surface area (TPSA) is 56.9 Å². The maximum Gasteiger partial charge on any atom is 0.265 e. The molecule has 1 aromatic heterocycles. The van der Waals surface area contributed by atoms with E-state index >= 15 is 0 Å². The van der Waals surface area contributed by atoms with Gasteiger partial charge < -0.3 is 5.11 Å². The molecule has 0 aliphatic carbocycles. The van der Waals surface area contributed by atoms with Crippen molar-refractivity contribution in [3.05, 3.63) is 27.5 Å². The van der Waals surface area contributed by atoms with Crippen molar-refractivity contribution in [1.82, 2.24) is 4.98 Å². The van der Waals surface area contributed by atoms with Crippen molar-refractivity contribution in [2.24, 2.45) is 0 Å². The van der Waals surface area contributed by atoms with Crippen molar-refractivity contribution in [3.8, 4) is 6.07 Å². The van der Waals surface area contributed by atoms with E-state index in [1.54, 1.807) is 6.07 Å². The lowest BCUT2D eigenvalue weighted by Crippen LogP contribution is -2.00. The number of nitrogens with zero attached hydrogens (tertiary/aromatic N) is 2. The third-order valence-corrected chi connectivity index (χ3v) is 2.44. The Morgan fingerprint density at radius 2 is 2.29 bits per heavy atom. The van der Waals surface area contributed by atoms with Crippen LogP contribution in [-0.2, 0) is 6.61 Å². The van der Waals surface area contributed by atoms with Gasteiger partial charge in [-0.05, 0) is 15.9 Å². The minimum Gasteiger partial charge on any atom is -0.392 e. The van der Waals surface area contributed by atoms with Crippen LogP contribution in [0.1, 0.15) is 23.2 Å². The predicted octanol–water partition coefficient (Wildman–Crippen LogP) is 2.15. The lowest BCUT2D eigenvalue weighted by Gasteiger charge is -2.08. The number of hydrogen-bond acceptors (Lipinski definition) is 3. The standard InChI is InChI=1S/C8H5BrF2N2O/c9-7-5(1-12)13-2-4(3-14)6(7)8(10)11/h2,8,14H,3H2. The molecule has 0 aromatic carbocycles. The molecule has 0 spiro atoms. The number of nitriles is 1. The largest absolute Gasteiger partial charge is 0.392 e. The molecule has 0 aliphatic rings. The van der Waals surface area contributed by atoms with Crippen LogP contribution in [0, 0.1) is 11.3 Å². The van der Waals surface area contributed by atoms with E-state index in [9.17, 15) is 8.78 Å². The molecule has 0 fully saturated rings. The highest BCUT2D eigenvalue weighted by molar-refractivity contribution is 9.10. The van der Waals surface area contributed by atoms with Crippen LogP contribution in [0.2, 0.25) is 0 Å². The summed E-state index contributed by atoms with van der Waals surface area (Å²) in [6, 6.07) is 1.67. The average Bonchev–Trinajstić information content (AvgIpc) is 2.16. The van der Waals surface area contributed by atoms with E-state index in [1.165, 1.54) is 0 Å². The van der Waals surface area contributed by atoms with Gasteiger partial charge in [0.1, 0.15) is 6.07 Å². The SMILES string of the molecule is N#Cc1ncc(CO)c(C(F)F)c1Br. The highest BCUT2D eigenvalue weighted by atomic mass is 79.9. The van der Waals surface area contributed by atoms with E-state index in [4.69, 9.17) is 10.4 Å². The van der Waals surface area contributed by atoms with Crippen molar-refractivity contribution in [3.63, 3.8) is 0 Å². The normalized spacial score (nSPS) is 10.3. The van der Waals surface area contributed by atoms with Gasteiger partial charge in [0.15, 0.2) is 5.69 Å². The molecule has 1 rings (SSSR count). The molecule has 0 saturated carbocycles. The van der Waals surface area contributed by atoms with Gasteiger partial charge in [-0.3, -0.25) is 0 Å². The Hall–Kier alpha value is -1.06. The van der Waals surface area contributed by atoms with E-state index in [1.807, 2.05) is 0 Å². The Morgan fingerprint density at radius 3 is 2.71 bits per heavy atom. The van der Waals surface area contributed by atoms with Gasteiger partial charge in [-0.25, -0.2) is 13.8 Å². The maximum absolute atomic E-state index is 12.5. The predicted molar refractivity (Wildman–Crippen MR) is 47.5 cm³/mol. The number of pyridine rings is 1. The smallest absolute Gasteiger partial charge is 0.265 e. The summed E-state index contributed by atoms with van der Waals surface area (Å²) in [5.74, 6) is 0. The Labute approximate surface area is 87.1 Å². The van der Waals surface area contributed by atoms with Gasteiger partial charge in [0.2, 0.25) is 0 Å². The van der Waals surface area contributed by atoms with Gasteiger partial charge in [-0.2, -0.15) is 5.26 Å². The number of hydrogen-bond donors (Lipinski definition) is 1. The van der Waals surface area contributed by atoms with E-state index in [2.05, 4.69) is 20.9 Å². The van der Waals surface area contributed by atoms with Crippen molar-refractivity contribution in [2.45, 2.75) is 13.0 Å². The van der Waals surface area contributed by atoms with Crippen LogP contribution in [0.3, 0.4) is 0 Å². The molecular weight excluding hydrogens is 258 g/mol. The van der Waals surface area contributed by atoms with Gasteiger partial charge in [-0.15, -0.1) is 0 Å². The summed E-state index contributed by atoms with van der Waals surface area (Å²) < 4.78 is 25.0. The molecule has 6 heteroatoms. The van der Waals surface area contributed by atoms with Gasteiger partial charge in [-0.1, -0.05) is 0 Å². The second kappa shape index (κ2) is 4.44. The molecule has 0 saturated heterocycles. The Morgan fingerprint density at radius 1 is 1.64 bits per heavy atom. The number of rotatable bonds is 2. The summed E-state index contributed by atoms with van der Waals surface area (Å²) in [6.07, 6.45) is -1.67. The molecule has 1 aromatic rings. The van der Waals surface area contributed by atoms with Crippen LogP contribution >= 0.6 is 15.9 Å². The monoisotopic (exact) mass is 262 g/mol. The Kier molecular flexibility index (Phi) is 3.49. The highest BCUT2D eigenvalue weighted by Crippen LogP contribution is 2.31. The third-order valence-electron chi connectivity index (χ3n) is 1.63. The first-order chi connectivity index (χ1) is 6.61. The van der Waals surface area contributed by atoms with Crippen LogP contribution in [0.4, 0.5) is 8.78 Å². The quantitative estimate of drug-likeness (QED) is 0.889. The number of aromatic nitrogens is 1. The summed E-state index contributed by atoms with van der Waals surface area (Å²) >= 11 is 2.86. The molecule has 0 unspecified atom stereocenters. The fourth-order valence-corrected chi connectivity index (χ4v) is 1.60. The minimum absolute atomic E-state index is 0.0193. The highest BCUT2D eigenvalue weighted by Gasteiger charge is 2.19. The second-order valence-electron chi connectivity index (χ2n) is 2.43. The number of alkyl halides is 2. The first-order valence-corrected chi connectivity index (χ1v) is 4.37. The Balaban J connectivity index is 3.41. The van der Waals surface area contributed by atoms with Crippen LogP contribution in [0.15, 0.2) is 10.7 Å². The van der Waals surface area contributed by atoms with Crippen molar-refractivity contribution in [2.75, 3.05) is 0 Å². The zero-order valence-corrected chi connectivity index (χ0v) is 8.42. The lowest BCUT2D eigenvalue weighted by molar-refractivity contribution is 0.146. The van der Waals surface area contributed by atoms with Gasteiger partial charge in [0.05, 0.1) is 11.1 Å². The van der Waals surface area contributed by atoms with Crippen LogP contribution in [-0.4, -0.2) is 10.1 Å². The fraction of sp³-hybridized carbons (Fsp3) is 0.250. The average molecular weight is 263 g/mol. The van der Waals surface area contributed by atoms with Crippen LogP contribution in [0.25, 0.3) is 0 Å². The maximum atomic E-state index is 12.5. The number of aliphatic hydroxyl groups excluding tert-OH is 1. The molecule has 1 heterocycles. The Bertz CT molecular complexity index is 390. The summed E-state index contributed by atoms with van der Waals surface area (Å²) in [7, 11) is 0. The minimum atomic E-state index is -2.75. The second-order valence-corrected chi connectivity index (χ2v) is 3.22. The summed E-state index contributed by atoms with van der Waals surface area (Å²) in [6.45, 7) is -0.531. The van der Waals surface area contributed by atoms with Gasteiger partial charge >= 0.3 is 0 Å². The van der Waals surface area contributed by atoms with Crippen molar-refractivity contribution in [1.29, 1.82) is 5.26 Å². The molecule has 74 valence electrons. The first-order valence-electron chi connectivity index (χ1n) is 3.58.